The summed E-state index contributed by atoms with van der Waals surface area (Å²) in [6, 6.07) is 11.4. The number of carbonyl (C=O) groups is 2. The lowest BCUT2D eigenvalue weighted by Gasteiger charge is -2.30. The highest BCUT2D eigenvalue weighted by Gasteiger charge is 2.29. The number of nitrogens with zero attached hydrogens (tertiary/aromatic N) is 5. The molecule has 1 aliphatic heterocycles. The number of benzene rings is 1. The van der Waals surface area contributed by atoms with Crippen LogP contribution in [0.25, 0.3) is 0 Å². The number of hydrogen-bond donors (Lipinski definition) is 2. The molecule has 3 rings (SSSR count). The first-order valence-electron chi connectivity index (χ1n) is 12.4. The van der Waals surface area contributed by atoms with Crippen molar-refractivity contribution in [2.75, 3.05) is 45.7 Å². The molecule has 0 saturated carbocycles. The molecule has 1 aromatic carbocycles. The number of hydrogen-bond acceptors (Lipinski definition) is 8. The summed E-state index contributed by atoms with van der Waals surface area (Å²) in [4.78, 5) is 32.7. The number of aromatic nitrogens is 1. The fraction of sp³-hybridized carbons (Fsp3) is 0.500. The van der Waals surface area contributed by atoms with E-state index in [0.717, 1.165) is 17.8 Å². The van der Waals surface area contributed by atoms with E-state index >= 15 is 0 Å². The first-order valence-corrected chi connectivity index (χ1v) is 12.4. The lowest BCUT2D eigenvalue weighted by Crippen LogP contribution is -2.41. The molecular weight excluding hydrogens is 468 g/mol. The summed E-state index contributed by atoms with van der Waals surface area (Å²) >= 11 is 0. The van der Waals surface area contributed by atoms with Gasteiger partial charge in [-0.3, -0.25) is 14.7 Å². The predicted octanol–water partition coefficient (Wildman–Crippen LogP) is 2.34. The summed E-state index contributed by atoms with van der Waals surface area (Å²) < 4.78 is 0. The van der Waals surface area contributed by atoms with Crippen LogP contribution in [0.3, 0.4) is 0 Å². The highest BCUT2D eigenvalue weighted by atomic mass is 16.3. The van der Waals surface area contributed by atoms with Crippen molar-refractivity contribution < 1.29 is 14.7 Å². The van der Waals surface area contributed by atoms with Crippen LogP contribution in [0.15, 0.2) is 48.8 Å². The minimum Gasteiger partial charge on any atom is -0.391 e. The fourth-order valence-electron chi connectivity index (χ4n) is 4.02. The second-order valence-corrected chi connectivity index (χ2v) is 10.5. The first kappa shape index (κ1) is 29.7. The SMILES string of the molecule is CN(C)CCNC(=O)C(c1cccnc1)N(C)c1ccc(C(C)(C)C)cc1.N#CN1CC(O)CC1C=O. The normalized spacial score (nSPS) is 17.9. The Morgan fingerprint density at radius 3 is 2.43 bits per heavy atom. The van der Waals surface area contributed by atoms with Gasteiger partial charge in [0.05, 0.1) is 18.7 Å². The zero-order chi connectivity index (χ0) is 27.6. The van der Waals surface area contributed by atoms with Crippen LogP contribution in [0.5, 0.6) is 0 Å². The van der Waals surface area contributed by atoms with Gasteiger partial charge in [-0.25, -0.2) is 0 Å². The van der Waals surface area contributed by atoms with Gasteiger partial charge in [-0.15, -0.1) is 0 Å². The standard InChI is InChI=1S/C22H32N4O.C6H8N2O2/c1-22(2,3)18-9-11-19(12-10-18)26(6)20(17-8-7-13-23-16-17)21(27)24-14-15-25(4)5;7-4-8-2-6(10)1-5(8)3-9/h7-13,16,20H,14-15H2,1-6H3,(H,24,27);3,5-6,10H,1-2H2. The number of carbonyl (C=O) groups excluding carboxylic acids is 2. The number of amides is 1. The summed E-state index contributed by atoms with van der Waals surface area (Å²) in [5.74, 6) is -0.0211. The molecule has 1 fully saturated rings. The van der Waals surface area contributed by atoms with E-state index in [2.05, 4.69) is 55.3 Å². The molecular formula is C28H40N6O3. The molecule has 37 heavy (non-hydrogen) atoms. The van der Waals surface area contributed by atoms with Crippen molar-refractivity contribution in [3.05, 3.63) is 59.9 Å². The number of pyridine rings is 1. The van der Waals surface area contributed by atoms with Gasteiger partial charge in [-0.2, -0.15) is 5.26 Å². The van der Waals surface area contributed by atoms with Crippen molar-refractivity contribution in [1.82, 2.24) is 20.1 Å². The van der Waals surface area contributed by atoms with Gasteiger partial charge in [0, 0.05) is 50.2 Å². The molecule has 0 aliphatic carbocycles. The number of β-amino-alcohol motifs (C(OH)–C–C–N with tert-alkyl or cyclic N) is 1. The molecule has 1 saturated heterocycles. The predicted molar refractivity (Wildman–Crippen MR) is 145 cm³/mol. The van der Waals surface area contributed by atoms with E-state index in [1.165, 1.54) is 10.5 Å². The second kappa shape index (κ2) is 13.7. The van der Waals surface area contributed by atoms with Crippen LogP contribution in [0, 0.1) is 11.5 Å². The monoisotopic (exact) mass is 508 g/mol. The molecule has 9 heteroatoms. The zero-order valence-corrected chi connectivity index (χ0v) is 22.8. The molecule has 200 valence electrons. The fourth-order valence-corrected chi connectivity index (χ4v) is 4.02. The highest BCUT2D eigenvalue weighted by Crippen LogP contribution is 2.29. The molecule has 0 radical (unpaired) electrons. The Hall–Kier alpha value is -3.48. The Labute approximate surface area is 220 Å². The lowest BCUT2D eigenvalue weighted by molar-refractivity contribution is -0.122. The van der Waals surface area contributed by atoms with Gasteiger partial charge in [0.1, 0.15) is 12.3 Å². The molecule has 1 aliphatic rings. The van der Waals surface area contributed by atoms with Crippen molar-refractivity contribution in [2.45, 2.75) is 50.8 Å². The number of likely N-dealkylation sites (N-methyl/N-ethyl adjacent to an activating group) is 2. The van der Waals surface area contributed by atoms with Crippen LogP contribution in [0.1, 0.15) is 44.4 Å². The van der Waals surface area contributed by atoms with E-state index < -0.39 is 18.2 Å². The second-order valence-electron chi connectivity index (χ2n) is 10.5. The van der Waals surface area contributed by atoms with Crippen LogP contribution in [0.4, 0.5) is 5.69 Å². The van der Waals surface area contributed by atoms with E-state index in [4.69, 9.17) is 10.4 Å². The molecule has 3 unspecified atom stereocenters. The van der Waals surface area contributed by atoms with Gasteiger partial charge in [0.15, 0.2) is 6.19 Å². The van der Waals surface area contributed by atoms with Crippen molar-refractivity contribution in [2.24, 2.45) is 0 Å². The van der Waals surface area contributed by atoms with Gasteiger partial charge in [0.25, 0.3) is 0 Å². The molecule has 2 aromatic rings. The number of anilines is 1. The van der Waals surface area contributed by atoms with Crippen molar-refractivity contribution >= 4 is 17.9 Å². The maximum Gasteiger partial charge on any atom is 0.247 e. The van der Waals surface area contributed by atoms with Crippen LogP contribution in [-0.4, -0.2) is 85.0 Å². The van der Waals surface area contributed by atoms with Crippen molar-refractivity contribution in [3.63, 3.8) is 0 Å². The summed E-state index contributed by atoms with van der Waals surface area (Å²) in [6.07, 6.45) is 5.88. The third-order valence-electron chi connectivity index (χ3n) is 6.24. The largest absolute Gasteiger partial charge is 0.391 e. The van der Waals surface area contributed by atoms with E-state index in [1.54, 1.807) is 12.4 Å². The topological polar surface area (TPSA) is 113 Å². The minimum atomic E-state index is -0.519. The summed E-state index contributed by atoms with van der Waals surface area (Å²) in [6.45, 7) is 8.29. The van der Waals surface area contributed by atoms with Gasteiger partial charge in [0.2, 0.25) is 5.91 Å². The Balaban J connectivity index is 0.000000402. The lowest BCUT2D eigenvalue weighted by atomic mass is 9.87. The van der Waals surface area contributed by atoms with E-state index in [9.17, 15) is 9.59 Å². The molecule has 1 aromatic heterocycles. The van der Waals surface area contributed by atoms with Crippen molar-refractivity contribution in [3.8, 4) is 6.19 Å². The summed E-state index contributed by atoms with van der Waals surface area (Å²) in [5.41, 5.74) is 3.25. The smallest absolute Gasteiger partial charge is 0.247 e. The maximum absolute atomic E-state index is 13.0. The molecule has 0 bridgehead atoms. The highest BCUT2D eigenvalue weighted by molar-refractivity contribution is 5.86. The Morgan fingerprint density at radius 2 is 1.95 bits per heavy atom. The van der Waals surface area contributed by atoms with Gasteiger partial charge in [-0.05, 0) is 43.3 Å². The zero-order valence-electron chi connectivity index (χ0n) is 22.8. The number of aliphatic hydroxyl groups excluding tert-OH is 1. The van der Waals surface area contributed by atoms with Crippen LogP contribution in [-0.2, 0) is 15.0 Å². The molecule has 0 spiro atoms. The van der Waals surface area contributed by atoms with E-state index in [-0.39, 0.29) is 11.3 Å². The summed E-state index contributed by atoms with van der Waals surface area (Å²) in [5, 5.41) is 20.4. The molecule has 2 N–H and O–H groups in total. The number of aldehydes is 1. The number of rotatable bonds is 8. The minimum absolute atomic E-state index is 0.0211. The molecule has 1 amide bonds. The Kier molecular flexibility index (Phi) is 11.0. The quantitative estimate of drug-likeness (QED) is 0.413. The Bertz CT molecular complexity index is 1030. The third-order valence-corrected chi connectivity index (χ3v) is 6.24. The van der Waals surface area contributed by atoms with Gasteiger partial charge >= 0.3 is 0 Å². The molecule has 9 nitrogen and oxygen atoms in total. The molecule has 2 heterocycles. The number of nitriles is 1. The van der Waals surface area contributed by atoms with Crippen molar-refractivity contribution in [1.29, 1.82) is 5.26 Å². The number of likely N-dealkylation sites (tertiary alicyclic amines) is 1. The van der Waals surface area contributed by atoms with Crippen LogP contribution >= 0.6 is 0 Å². The van der Waals surface area contributed by atoms with E-state index in [1.807, 2.05) is 49.3 Å². The molecule has 3 atom stereocenters. The van der Waals surface area contributed by atoms with E-state index in [0.29, 0.717) is 25.8 Å². The average molecular weight is 509 g/mol. The van der Waals surface area contributed by atoms with Gasteiger partial charge in [-0.1, -0.05) is 39.0 Å². The number of aliphatic hydroxyl groups is 1. The third kappa shape index (κ3) is 8.85. The first-order chi connectivity index (χ1) is 17.5. The van der Waals surface area contributed by atoms with Gasteiger partial charge < -0.3 is 25.0 Å². The number of nitrogens with one attached hydrogen (secondary N) is 1. The summed E-state index contributed by atoms with van der Waals surface area (Å²) in [7, 11) is 5.94. The Morgan fingerprint density at radius 1 is 1.27 bits per heavy atom. The van der Waals surface area contributed by atoms with Crippen LogP contribution < -0.4 is 10.2 Å². The maximum atomic E-state index is 13.0. The van der Waals surface area contributed by atoms with Crippen LogP contribution in [0.2, 0.25) is 0 Å². The average Bonchev–Trinajstić information content (AvgIpc) is 3.24.